The molecule has 3 aromatic rings. The lowest BCUT2D eigenvalue weighted by molar-refractivity contribution is 0.0915. The Morgan fingerprint density at radius 3 is 2.50 bits per heavy atom. The first-order chi connectivity index (χ1) is 14.1. The van der Waals surface area contributed by atoms with Crippen LogP contribution >= 0.6 is 0 Å². The number of sulfone groups is 1. The standard InChI is InChI=1S/C20H20FN5O3S/c1-13-23-24-25-26(13)18-10-15(14-3-5-17(21)6-4-14)9-16(11-18)19(27)22-20(2)7-8-30(28,29)12-20/h3-6,9-11H,7-8,12H2,1-2H3,(H,22,27). The summed E-state index contributed by atoms with van der Waals surface area (Å²) in [6.07, 6.45) is 0.359. The number of carbonyl (C=O) groups excluding carboxylic acids is 1. The summed E-state index contributed by atoms with van der Waals surface area (Å²) in [5.74, 6) is -0.270. The zero-order valence-electron chi connectivity index (χ0n) is 16.5. The van der Waals surface area contributed by atoms with E-state index in [9.17, 15) is 17.6 Å². The van der Waals surface area contributed by atoms with Crippen LogP contribution in [0.1, 0.15) is 29.5 Å². The monoisotopic (exact) mass is 429 g/mol. The Kier molecular flexibility index (Phi) is 4.89. The maximum Gasteiger partial charge on any atom is 0.251 e. The first-order valence-corrected chi connectivity index (χ1v) is 11.2. The van der Waals surface area contributed by atoms with Gasteiger partial charge in [-0.25, -0.2) is 12.8 Å². The summed E-state index contributed by atoms with van der Waals surface area (Å²) in [4.78, 5) is 13.0. The van der Waals surface area contributed by atoms with E-state index in [0.717, 1.165) is 0 Å². The minimum absolute atomic E-state index is 0.0501. The number of nitrogens with zero attached hydrogens (tertiary/aromatic N) is 4. The molecule has 0 aliphatic carbocycles. The topological polar surface area (TPSA) is 107 Å². The molecule has 1 fully saturated rings. The number of hydrogen-bond acceptors (Lipinski definition) is 6. The van der Waals surface area contributed by atoms with Gasteiger partial charge in [0.1, 0.15) is 5.82 Å². The lowest BCUT2D eigenvalue weighted by atomic mass is 9.99. The zero-order chi connectivity index (χ0) is 21.5. The van der Waals surface area contributed by atoms with Crippen LogP contribution in [0.15, 0.2) is 42.5 Å². The molecule has 30 heavy (non-hydrogen) atoms. The highest BCUT2D eigenvalue weighted by Gasteiger charge is 2.39. The van der Waals surface area contributed by atoms with Crippen LogP contribution in [0.5, 0.6) is 0 Å². The van der Waals surface area contributed by atoms with Gasteiger partial charge in [0.2, 0.25) is 0 Å². The van der Waals surface area contributed by atoms with Crippen molar-refractivity contribution in [1.29, 1.82) is 0 Å². The molecule has 1 aliphatic rings. The van der Waals surface area contributed by atoms with Gasteiger partial charge in [-0.2, -0.15) is 4.68 Å². The van der Waals surface area contributed by atoms with Crippen molar-refractivity contribution >= 4 is 15.7 Å². The minimum atomic E-state index is -3.17. The number of halogens is 1. The van der Waals surface area contributed by atoms with Crippen molar-refractivity contribution in [2.75, 3.05) is 11.5 Å². The van der Waals surface area contributed by atoms with E-state index in [4.69, 9.17) is 0 Å². The molecule has 8 nitrogen and oxygen atoms in total. The van der Waals surface area contributed by atoms with Gasteiger partial charge in [0.25, 0.3) is 5.91 Å². The number of tetrazole rings is 1. The molecule has 10 heteroatoms. The third-order valence-electron chi connectivity index (χ3n) is 5.15. The molecule has 1 N–H and O–H groups in total. The van der Waals surface area contributed by atoms with Crippen molar-refractivity contribution in [3.8, 4) is 16.8 Å². The van der Waals surface area contributed by atoms with Gasteiger partial charge in [-0.15, -0.1) is 5.10 Å². The molecule has 1 saturated heterocycles. The van der Waals surface area contributed by atoms with Gasteiger partial charge in [0.15, 0.2) is 15.7 Å². The van der Waals surface area contributed by atoms with Crippen LogP contribution in [0.25, 0.3) is 16.8 Å². The van der Waals surface area contributed by atoms with Gasteiger partial charge in [-0.3, -0.25) is 4.79 Å². The molecule has 2 aromatic carbocycles. The average molecular weight is 429 g/mol. The smallest absolute Gasteiger partial charge is 0.251 e. The predicted octanol–water partition coefficient (Wildman–Crippen LogP) is 2.08. The Hall–Kier alpha value is -3.14. The van der Waals surface area contributed by atoms with E-state index in [2.05, 4.69) is 20.8 Å². The van der Waals surface area contributed by atoms with E-state index >= 15 is 0 Å². The Morgan fingerprint density at radius 2 is 1.90 bits per heavy atom. The number of aromatic nitrogens is 4. The zero-order valence-corrected chi connectivity index (χ0v) is 17.3. The highest BCUT2D eigenvalue weighted by molar-refractivity contribution is 7.91. The molecule has 1 amide bonds. The average Bonchev–Trinajstić information content (AvgIpc) is 3.24. The van der Waals surface area contributed by atoms with E-state index in [0.29, 0.717) is 34.6 Å². The van der Waals surface area contributed by atoms with Gasteiger partial charge in [0.05, 0.1) is 22.7 Å². The van der Waals surface area contributed by atoms with Gasteiger partial charge < -0.3 is 5.32 Å². The lowest BCUT2D eigenvalue weighted by Gasteiger charge is -2.24. The van der Waals surface area contributed by atoms with E-state index in [-0.39, 0.29) is 17.3 Å². The Morgan fingerprint density at radius 1 is 1.17 bits per heavy atom. The number of nitrogens with one attached hydrogen (secondary N) is 1. The van der Waals surface area contributed by atoms with E-state index in [1.807, 2.05) is 0 Å². The number of hydrogen-bond donors (Lipinski definition) is 1. The predicted molar refractivity (Wildman–Crippen MR) is 108 cm³/mol. The molecule has 1 atom stereocenters. The Labute approximate surface area is 173 Å². The van der Waals surface area contributed by atoms with E-state index < -0.39 is 21.3 Å². The van der Waals surface area contributed by atoms with E-state index in [1.54, 1.807) is 44.2 Å². The molecule has 0 spiro atoms. The fourth-order valence-corrected chi connectivity index (χ4v) is 5.69. The lowest BCUT2D eigenvalue weighted by Crippen LogP contribution is -2.46. The van der Waals surface area contributed by atoms with Crippen LogP contribution in [0, 0.1) is 12.7 Å². The molecular formula is C20H20FN5O3S. The SMILES string of the molecule is Cc1nnnn1-c1cc(C(=O)NC2(C)CCS(=O)(=O)C2)cc(-c2ccc(F)cc2)c1. The second-order valence-electron chi connectivity index (χ2n) is 7.77. The molecule has 1 unspecified atom stereocenters. The Bertz CT molecular complexity index is 1220. The second kappa shape index (κ2) is 7.28. The van der Waals surface area contributed by atoms with Crippen LogP contribution in [0.2, 0.25) is 0 Å². The highest BCUT2D eigenvalue weighted by Crippen LogP contribution is 2.27. The van der Waals surface area contributed by atoms with Crippen molar-refractivity contribution < 1.29 is 17.6 Å². The maximum atomic E-state index is 13.4. The van der Waals surface area contributed by atoms with Crippen LogP contribution < -0.4 is 5.32 Å². The van der Waals surface area contributed by atoms with E-state index in [1.165, 1.54) is 16.8 Å². The summed E-state index contributed by atoms with van der Waals surface area (Å²) in [6.45, 7) is 3.46. The first kappa shape index (κ1) is 20.1. The molecule has 1 aromatic heterocycles. The van der Waals surface area contributed by atoms with Crippen molar-refractivity contribution in [3.05, 3.63) is 59.7 Å². The van der Waals surface area contributed by atoms with Crippen molar-refractivity contribution in [1.82, 2.24) is 25.5 Å². The fourth-order valence-electron chi connectivity index (χ4n) is 3.60. The second-order valence-corrected chi connectivity index (χ2v) is 9.95. The van der Waals surface area contributed by atoms with Gasteiger partial charge >= 0.3 is 0 Å². The summed E-state index contributed by atoms with van der Waals surface area (Å²) in [5.41, 5.74) is 1.46. The number of rotatable bonds is 4. The summed E-state index contributed by atoms with van der Waals surface area (Å²) >= 11 is 0. The highest BCUT2D eigenvalue weighted by atomic mass is 32.2. The summed E-state index contributed by atoms with van der Waals surface area (Å²) in [6, 6.07) is 11.0. The van der Waals surface area contributed by atoms with Crippen LogP contribution in [0.3, 0.4) is 0 Å². The van der Waals surface area contributed by atoms with Gasteiger partial charge in [-0.1, -0.05) is 12.1 Å². The maximum absolute atomic E-state index is 13.4. The molecule has 1 aliphatic heterocycles. The quantitative estimate of drug-likeness (QED) is 0.681. The first-order valence-electron chi connectivity index (χ1n) is 9.34. The van der Waals surface area contributed by atoms with Crippen LogP contribution in [-0.4, -0.2) is 51.6 Å². The largest absolute Gasteiger partial charge is 0.346 e. The van der Waals surface area contributed by atoms with Crippen LogP contribution in [0.4, 0.5) is 4.39 Å². The third-order valence-corrected chi connectivity index (χ3v) is 7.05. The summed E-state index contributed by atoms with van der Waals surface area (Å²) < 4.78 is 38.6. The van der Waals surface area contributed by atoms with Gasteiger partial charge in [0, 0.05) is 5.56 Å². The molecule has 0 saturated carbocycles. The summed E-state index contributed by atoms with van der Waals surface area (Å²) in [5, 5.41) is 14.3. The number of amides is 1. The van der Waals surface area contributed by atoms with Crippen molar-refractivity contribution in [2.45, 2.75) is 25.8 Å². The molecule has 4 rings (SSSR count). The number of benzene rings is 2. The molecule has 2 heterocycles. The Balaban J connectivity index is 1.75. The molecule has 156 valence electrons. The third kappa shape index (κ3) is 4.09. The van der Waals surface area contributed by atoms with Crippen molar-refractivity contribution in [2.24, 2.45) is 0 Å². The van der Waals surface area contributed by atoms with Crippen LogP contribution in [-0.2, 0) is 9.84 Å². The normalized spacial score (nSPS) is 20.2. The molecular weight excluding hydrogens is 409 g/mol. The van der Waals surface area contributed by atoms with Crippen molar-refractivity contribution in [3.63, 3.8) is 0 Å². The number of aryl methyl sites for hydroxylation is 1. The molecule has 0 bridgehead atoms. The van der Waals surface area contributed by atoms with Gasteiger partial charge in [-0.05, 0) is 72.2 Å². The molecule has 0 radical (unpaired) electrons. The number of carbonyl (C=O) groups is 1. The minimum Gasteiger partial charge on any atom is -0.346 e. The fraction of sp³-hybridized carbons (Fsp3) is 0.300. The summed E-state index contributed by atoms with van der Waals surface area (Å²) in [7, 11) is -3.17.